The zero-order valence-corrected chi connectivity index (χ0v) is 15.3. The number of pyridine rings is 1. The molecule has 28 heavy (non-hydrogen) atoms. The van der Waals surface area contributed by atoms with E-state index in [1.54, 1.807) is 0 Å². The van der Waals surface area contributed by atoms with Crippen LogP contribution in [0.4, 0.5) is 0 Å². The van der Waals surface area contributed by atoms with Crippen LogP contribution in [0.15, 0.2) is 91.1 Å². The molecule has 1 nitrogen and oxygen atoms in total. The van der Waals surface area contributed by atoms with Gasteiger partial charge in [0, 0.05) is 27.7 Å². The van der Waals surface area contributed by atoms with Gasteiger partial charge < -0.3 is 4.40 Å². The summed E-state index contributed by atoms with van der Waals surface area (Å²) < 4.78 is 2.41. The van der Waals surface area contributed by atoms with Crippen LogP contribution < -0.4 is 0 Å². The van der Waals surface area contributed by atoms with Gasteiger partial charge in [-0.3, -0.25) is 0 Å². The minimum Gasteiger partial charge on any atom is -0.315 e. The molecule has 1 aliphatic rings. The molecule has 0 saturated carbocycles. The molecule has 1 heteroatoms. The van der Waals surface area contributed by atoms with Crippen molar-refractivity contribution in [2.45, 2.75) is 6.42 Å². The fourth-order valence-corrected chi connectivity index (χ4v) is 5.21. The normalized spacial score (nSPS) is 12.9. The van der Waals surface area contributed by atoms with Crippen LogP contribution in [0.25, 0.3) is 49.1 Å². The monoisotopic (exact) mass is 355 g/mol. The highest BCUT2D eigenvalue weighted by molar-refractivity contribution is 6.24. The Hall–Kier alpha value is -3.58. The number of fused-ring (bicyclic) bond motifs is 12. The summed E-state index contributed by atoms with van der Waals surface area (Å²) in [6, 6.07) is 31.1. The lowest BCUT2D eigenvalue weighted by atomic mass is 9.94. The molecule has 0 bridgehead atoms. The van der Waals surface area contributed by atoms with Crippen LogP contribution in [0.1, 0.15) is 11.1 Å². The van der Waals surface area contributed by atoms with E-state index in [2.05, 4.69) is 95.5 Å². The van der Waals surface area contributed by atoms with Crippen LogP contribution >= 0.6 is 0 Å². The third-order valence-electron chi connectivity index (χ3n) is 6.37. The van der Waals surface area contributed by atoms with E-state index in [-0.39, 0.29) is 0 Å². The molecule has 7 rings (SSSR count). The van der Waals surface area contributed by atoms with Gasteiger partial charge >= 0.3 is 0 Å². The van der Waals surface area contributed by atoms with Gasteiger partial charge in [-0.2, -0.15) is 0 Å². The minimum atomic E-state index is 1.03. The SMILES string of the molecule is c1ccc2c(c1)Cc1ccc3c4ccccc4n4cc5ccccc5c4c3c1-2. The Balaban J connectivity index is 1.86. The maximum Gasteiger partial charge on any atom is 0.0619 e. The van der Waals surface area contributed by atoms with Crippen molar-refractivity contribution in [2.75, 3.05) is 0 Å². The maximum atomic E-state index is 2.41. The lowest BCUT2D eigenvalue weighted by Gasteiger charge is -2.14. The molecule has 1 aliphatic carbocycles. The zero-order chi connectivity index (χ0) is 18.2. The van der Waals surface area contributed by atoms with Crippen LogP contribution in [-0.4, -0.2) is 4.40 Å². The molecule has 2 heterocycles. The van der Waals surface area contributed by atoms with E-state index in [1.807, 2.05) is 0 Å². The summed E-state index contributed by atoms with van der Waals surface area (Å²) in [5, 5.41) is 6.68. The molecule has 0 spiro atoms. The first-order valence-corrected chi connectivity index (χ1v) is 9.84. The Morgan fingerprint density at radius 3 is 2.36 bits per heavy atom. The van der Waals surface area contributed by atoms with Crippen molar-refractivity contribution >= 4 is 38.0 Å². The van der Waals surface area contributed by atoms with Crippen molar-refractivity contribution in [3.8, 4) is 11.1 Å². The lowest BCUT2D eigenvalue weighted by molar-refractivity contribution is 1.26. The Morgan fingerprint density at radius 1 is 0.607 bits per heavy atom. The predicted molar refractivity (Wildman–Crippen MR) is 118 cm³/mol. The second-order valence-corrected chi connectivity index (χ2v) is 7.81. The van der Waals surface area contributed by atoms with Gasteiger partial charge in [-0.05, 0) is 40.1 Å². The van der Waals surface area contributed by atoms with E-state index >= 15 is 0 Å². The van der Waals surface area contributed by atoms with E-state index in [9.17, 15) is 0 Å². The minimum absolute atomic E-state index is 1.03. The highest BCUT2D eigenvalue weighted by atomic mass is 14.9. The van der Waals surface area contributed by atoms with Gasteiger partial charge in [0.2, 0.25) is 0 Å². The number of aromatic nitrogens is 1. The van der Waals surface area contributed by atoms with E-state index in [0.29, 0.717) is 0 Å². The summed E-state index contributed by atoms with van der Waals surface area (Å²) in [4.78, 5) is 0. The summed E-state index contributed by atoms with van der Waals surface area (Å²) in [5.41, 5.74) is 8.30. The highest BCUT2D eigenvalue weighted by Crippen LogP contribution is 2.46. The van der Waals surface area contributed by atoms with Crippen LogP contribution in [0.5, 0.6) is 0 Å². The van der Waals surface area contributed by atoms with Gasteiger partial charge in [0.15, 0.2) is 0 Å². The van der Waals surface area contributed by atoms with Gasteiger partial charge in [0.05, 0.1) is 11.0 Å². The third kappa shape index (κ3) is 1.67. The number of hydrogen-bond acceptors (Lipinski definition) is 0. The van der Waals surface area contributed by atoms with Crippen LogP contribution in [0.3, 0.4) is 0 Å². The molecule has 0 fully saturated rings. The molecule has 2 aromatic heterocycles. The molecular weight excluding hydrogens is 338 g/mol. The second-order valence-electron chi connectivity index (χ2n) is 7.81. The largest absolute Gasteiger partial charge is 0.315 e. The second kappa shape index (κ2) is 5.02. The van der Waals surface area contributed by atoms with E-state index in [1.165, 1.54) is 60.2 Å². The van der Waals surface area contributed by atoms with Crippen molar-refractivity contribution < 1.29 is 0 Å². The lowest BCUT2D eigenvalue weighted by Crippen LogP contribution is -1.92. The standard InChI is InChI=1S/C27H17N/c1-3-9-20-17(7-1)15-18-13-14-23-22-11-5-6-12-24(22)28-16-19-8-2-4-10-21(19)27(28)26(23)25(18)20/h1-14,16H,15H2. The number of hydrogen-bond donors (Lipinski definition) is 0. The van der Waals surface area contributed by atoms with Crippen LogP contribution in [0, 0.1) is 0 Å². The van der Waals surface area contributed by atoms with Crippen LogP contribution in [0.2, 0.25) is 0 Å². The first kappa shape index (κ1) is 14.5. The Bertz CT molecular complexity index is 1580. The quantitative estimate of drug-likeness (QED) is 0.259. The van der Waals surface area contributed by atoms with Crippen molar-refractivity contribution in [1.29, 1.82) is 0 Å². The molecule has 0 radical (unpaired) electrons. The Morgan fingerprint density at radius 2 is 1.39 bits per heavy atom. The van der Waals surface area contributed by atoms with Crippen molar-refractivity contribution in [3.05, 3.63) is 102 Å². The molecule has 0 unspecified atom stereocenters. The number of para-hydroxylation sites is 1. The first-order valence-electron chi connectivity index (χ1n) is 9.84. The smallest absolute Gasteiger partial charge is 0.0619 e. The zero-order valence-electron chi connectivity index (χ0n) is 15.3. The van der Waals surface area contributed by atoms with Crippen molar-refractivity contribution in [3.63, 3.8) is 0 Å². The summed E-state index contributed by atoms with van der Waals surface area (Å²) in [5.74, 6) is 0. The summed E-state index contributed by atoms with van der Waals surface area (Å²) >= 11 is 0. The fraction of sp³-hybridized carbons (Fsp3) is 0.0370. The molecule has 130 valence electrons. The molecule has 0 atom stereocenters. The fourth-order valence-electron chi connectivity index (χ4n) is 5.21. The van der Waals surface area contributed by atoms with Crippen LogP contribution in [-0.2, 0) is 6.42 Å². The molecule has 0 N–H and O–H groups in total. The van der Waals surface area contributed by atoms with Crippen molar-refractivity contribution in [2.24, 2.45) is 0 Å². The Kier molecular flexibility index (Phi) is 2.60. The average molecular weight is 355 g/mol. The van der Waals surface area contributed by atoms with Gasteiger partial charge in [0.1, 0.15) is 0 Å². The average Bonchev–Trinajstić information content (AvgIpc) is 3.32. The highest BCUT2D eigenvalue weighted by Gasteiger charge is 2.23. The predicted octanol–water partition coefficient (Wildman–Crippen LogP) is 6.97. The number of nitrogens with zero attached hydrogens (tertiary/aromatic N) is 1. The van der Waals surface area contributed by atoms with Crippen molar-refractivity contribution in [1.82, 2.24) is 4.40 Å². The van der Waals surface area contributed by atoms with Gasteiger partial charge in [0.25, 0.3) is 0 Å². The van der Waals surface area contributed by atoms with Gasteiger partial charge in [-0.15, -0.1) is 0 Å². The van der Waals surface area contributed by atoms with E-state index in [4.69, 9.17) is 0 Å². The topological polar surface area (TPSA) is 4.41 Å². The molecule has 0 amide bonds. The summed E-state index contributed by atoms with van der Waals surface area (Å²) in [7, 11) is 0. The van der Waals surface area contributed by atoms with E-state index in [0.717, 1.165) is 6.42 Å². The molecule has 0 saturated heterocycles. The van der Waals surface area contributed by atoms with E-state index < -0.39 is 0 Å². The number of benzene rings is 4. The van der Waals surface area contributed by atoms with Gasteiger partial charge in [-0.1, -0.05) is 78.9 Å². The number of rotatable bonds is 0. The molecule has 6 aromatic rings. The molecule has 4 aromatic carbocycles. The third-order valence-corrected chi connectivity index (χ3v) is 6.37. The molecular formula is C27H17N. The maximum absolute atomic E-state index is 2.41. The summed E-state index contributed by atoms with van der Waals surface area (Å²) in [6.45, 7) is 0. The Labute approximate surface area is 162 Å². The first-order chi connectivity index (χ1) is 13.9. The summed E-state index contributed by atoms with van der Waals surface area (Å²) in [6.07, 6.45) is 3.33. The molecule has 0 aliphatic heterocycles. The van der Waals surface area contributed by atoms with Gasteiger partial charge in [-0.25, -0.2) is 0 Å².